The second-order valence-corrected chi connectivity index (χ2v) is 5.51. The molecule has 1 fully saturated rings. The van der Waals surface area contributed by atoms with Crippen molar-refractivity contribution in [2.45, 2.75) is 26.2 Å². The molecule has 24 heavy (non-hydrogen) atoms. The van der Waals surface area contributed by atoms with E-state index in [0.29, 0.717) is 24.0 Å². The maximum atomic E-state index is 12.5. The molecule has 0 spiro atoms. The van der Waals surface area contributed by atoms with Gasteiger partial charge in [-0.1, -0.05) is 30.3 Å². The van der Waals surface area contributed by atoms with Crippen molar-refractivity contribution in [3.8, 4) is 0 Å². The van der Waals surface area contributed by atoms with Crippen LogP contribution in [-0.2, 0) is 28.6 Å². The zero-order valence-electron chi connectivity index (χ0n) is 14.0. The van der Waals surface area contributed by atoms with Gasteiger partial charge < -0.3 is 14.2 Å². The highest BCUT2D eigenvalue weighted by molar-refractivity contribution is 6.06. The van der Waals surface area contributed by atoms with Gasteiger partial charge in [-0.3, -0.25) is 14.4 Å². The summed E-state index contributed by atoms with van der Waals surface area (Å²) in [5, 5.41) is 0. The minimum Gasteiger partial charge on any atom is -0.468 e. The summed E-state index contributed by atoms with van der Waals surface area (Å²) in [7, 11) is 2.44. The minimum absolute atomic E-state index is 0.219. The number of benzene rings is 1. The lowest BCUT2D eigenvalue weighted by Crippen LogP contribution is -2.40. The fraction of sp³-hybridized carbons (Fsp3) is 0.389. The summed E-state index contributed by atoms with van der Waals surface area (Å²) in [6, 6.07) is 8.90. The number of carbonyl (C=O) groups excluding carboxylic acids is 3. The highest BCUT2D eigenvalue weighted by atomic mass is 16.6. The Bertz CT molecular complexity index is 658. The van der Waals surface area contributed by atoms with E-state index in [1.54, 1.807) is 24.3 Å². The number of hydrogen-bond acceptors (Lipinski definition) is 6. The van der Waals surface area contributed by atoms with Crippen LogP contribution in [0, 0.1) is 5.41 Å². The molecule has 0 aliphatic heterocycles. The van der Waals surface area contributed by atoms with Gasteiger partial charge in [-0.05, 0) is 19.3 Å². The number of rotatable bonds is 4. The first-order valence-corrected chi connectivity index (χ1v) is 7.61. The van der Waals surface area contributed by atoms with Gasteiger partial charge in [-0.15, -0.1) is 0 Å². The molecule has 0 saturated heterocycles. The van der Waals surface area contributed by atoms with Crippen LogP contribution in [0.5, 0.6) is 0 Å². The third-order valence-electron chi connectivity index (χ3n) is 4.12. The molecule has 1 aromatic rings. The Labute approximate surface area is 140 Å². The SMILES string of the molecule is COC(=O)C1(C(=O)OC)CCC/C1=C(\OC(C)=O)c1ccccc1. The van der Waals surface area contributed by atoms with Gasteiger partial charge in [0.1, 0.15) is 5.76 Å². The molecule has 2 rings (SSSR count). The van der Waals surface area contributed by atoms with Crippen molar-refractivity contribution in [1.82, 2.24) is 0 Å². The number of ether oxygens (including phenoxy) is 3. The molecule has 1 aromatic carbocycles. The van der Waals surface area contributed by atoms with Crippen LogP contribution in [0.2, 0.25) is 0 Å². The van der Waals surface area contributed by atoms with Crippen LogP contribution in [0.15, 0.2) is 35.9 Å². The zero-order valence-corrected chi connectivity index (χ0v) is 14.0. The second-order valence-electron chi connectivity index (χ2n) is 5.51. The Balaban J connectivity index is 2.72. The Hall–Kier alpha value is -2.63. The molecule has 0 bridgehead atoms. The Morgan fingerprint density at radius 2 is 1.58 bits per heavy atom. The summed E-state index contributed by atoms with van der Waals surface area (Å²) >= 11 is 0. The van der Waals surface area contributed by atoms with Gasteiger partial charge in [0, 0.05) is 18.1 Å². The molecule has 0 atom stereocenters. The zero-order chi connectivity index (χ0) is 17.7. The highest BCUT2D eigenvalue weighted by Gasteiger charge is 2.55. The van der Waals surface area contributed by atoms with Gasteiger partial charge in [0.25, 0.3) is 0 Å². The van der Waals surface area contributed by atoms with E-state index in [9.17, 15) is 14.4 Å². The van der Waals surface area contributed by atoms with Gasteiger partial charge in [0.15, 0.2) is 5.41 Å². The molecule has 1 aliphatic rings. The molecule has 0 radical (unpaired) electrons. The highest BCUT2D eigenvalue weighted by Crippen LogP contribution is 2.48. The molecular formula is C18H20O6. The molecular weight excluding hydrogens is 312 g/mol. The van der Waals surface area contributed by atoms with E-state index in [-0.39, 0.29) is 12.2 Å². The van der Waals surface area contributed by atoms with Crippen LogP contribution in [-0.4, -0.2) is 32.1 Å². The van der Waals surface area contributed by atoms with Gasteiger partial charge in [-0.25, -0.2) is 0 Å². The second kappa shape index (κ2) is 7.29. The lowest BCUT2D eigenvalue weighted by molar-refractivity contribution is -0.165. The quantitative estimate of drug-likeness (QED) is 0.365. The maximum Gasteiger partial charge on any atom is 0.327 e. The van der Waals surface area contributed by atoms with Crippen LogP contribution in [0.25, 0.3) is 5.76 Å². The molecule has 6 heteroatoms. The summed E-state index contributed by atoms with van der Waals surface area (Å²) in [6.45, 7) is 1.27. The first-order chi connectivity index (χ1) is 11.5. The van der Waals surface area contributed by atoms with E-state index in [0.717, 1.165) is 0 Å². The lowest BCUT2D eigenvalue weighted by Gasteiger charge is -2.26. The smallest absolute Gasteiger partial charge is 0.327 e. The Kier molecular flexibility index (Phi) is 5.39. The number of esters is 3. The molecule has 0 unspecified atom stereocenters. The van der Waals surface area contributed by atoms with Crippen molar-refractivity contribution in [2.75, 3.05) is 14.2 Å². The third-order valence-corrected chi connectivity index (χ3v) is 4.12. The molecule has 0 heterocycles. The average Bonchev–Trinajstić information content (AvgIpc) is 3.04. The molecule has 1 aliphatic carbocycles. The largest absolute Gasteiger partial charge is 0.468 e. The van der Waals surface area contributed by atoms with E-state index in [1.165, 1.54) is 21.1 Å². The maximum absolute atomic E-state index is 12.5. The molecule has 1 saturated carbocycles. The van der Waals surface area contributed by atoms with E-state index >= 15 is 0 Å². The Morgan fingerprint density at radius 1 is 1.00 bits per heavy atom. The average molecular weight is 332 g/mol. The molecule has 6 nitrogen and oxygen atoms in total. The van der Waals surface area contributed by atoms with Crippen molar-refractivity contribution in [3.63, 3.8) is 0 Å². The molecule has 0 amide bonds. The predicted molar refractivity (Wildman–Crippen MR) is 85.4 cm³/mol. The van der Waals surface area contributed by atoms with Crippen LogP contribution in [0.1, 0.15) is 31.7 Å². The van der Waals surface area contributed by atoms with Gasteiger partial charge in [0.2, 0.25) is 0 Å². The van der Waals surface area contributed by atoms with Crippen molar-refractivity contribution >= 4 is 23.7 Å². The van der Waals surface area contributed by atoms with E-state index in [2.05, 4.69) is 0 Å². The number of hydrogen-bond donors (Lipinski definition) is 0. The van der Waals surface area contributed by atoms with Crippen LogP contribution in [0.3, 0.4) is 0 Å². The van der Waals surface area contributed by atoms with Crippen molar-refractivity contribution in [3.05, 3.63) is 41.5 Å². The lowest BCUT2D eigenvalue weighted by atomic mass is 9.80. The first-order valence-electron chi connectivity index (χ1n) is 7.61. The third kappa shape index (κ3) is 3.04. The van der Waals surface area contributed by atoms with Gasteiger partial charge in [0.05, 0.1) is 14.2 Å². The van der Waals surface area contributed by atoms with E-state index in [4.69, 9.17) is 14.2 Å². The van der Waals surface area contributed by atoms with Gasteiger partial charge >= 0.3 is 17.9 Å². The molecule has 0 N–H and O–H groups in total. The number of methoxy groups -OCH3 is 2. The van der Waals surface area contributed by atoms with Crippen LogP contribution < -0.4 is 0 Å². The molecule has 128 valence electrons. The fourth-order valence-electron chi connectivity index (χ4n) is 3.11. The predicted octanol–water partition coefficient (Wildman–Crippen LogP) is 2.48. The normalized spacial score (nSPS) is 17.8. The van der Waals surface area contributed by atoms with E-state index < -0.39 is 23.3 Å². The topological polar surface area (TPSA) is 78.9 Å². The summed E-state index contributed by atoms with van der Waals surface area (Å²) in [6.07, 6.45) is 1.26. The monoisotopic (exact) mass is 332 g/mol. The van der Waals surface area contributed by atoms with Crippen molar-refractivity contribution in [1.29, 1.82) is 0 Å². The van der Waals surface area contributed by atoms with E-state index in [1.807, 2.05) is 6.07 Å². The standard InChI is InChI=1S/C18H20O6/c1-12(19)24-15(13-8-5-4-6-9-13)14-10-7-11-18(14,16(20)22-2)17(21)23-3/h4-6,8-9H,7,10-11H2,1-3H3/b15-14+. The minimum atomic E-state index is -1.58. The van der Waals surface area contributed by atoms with Crippen LogP contribution >= 0.6 is 0 Å². The van der Waals surface area contributed by atoms with Crippen LogP contribution in [0.4, 0.5) is 0 Å². The van der Waals surface area contributed by atoms with Crippen molar-refractivity contribution < 1.29 is 28.6 Å². The summed E-state index contributed by atoms with van der Waals surface area (Å²) in [4.78, 5) is 36.5. The fourth-order valence-corrected chi connectivity index (χ4v) is 3.11. The summed E-state index contributed by atoms with van der Waals surface area (Å²) in [5.41, 5.74) is -0.547. The summed E-state index contributed by atoms with van der Waals surface area (Å²) < 4.78 is 15.1. The van der Waals surface area contributed by atoms with Gasteiger partial charge in [-0.2, -0.15) is 0 Å². The van der Waals surface area contributed by atoms with Crippen molar-refractivity contribution in [2.24, 2.45) is 5.41 Å². The number of carbonyl (C=O) groups is 3. The molecule has 0 aromatic heterocycles. The Morgan fingerprint density at radius 3 is 2.08 bits per heavy atom. The summed E-state index contributed by atoms with van der Waals surface area (Å²) in [5.74, 6) is -1.72. The first kappa shape index (κ1) is 17.7.